The van der Waals surface area contributed by atoms with Gasteiger partial charge in [0.1, 0.15) is 5.52 Å². The number of nitro groups is 3. The summed E-state index contributed by atoms with van der Waals surface area (Å²) in [7, 11) is 0. The smallest absolute Gasteiger partial charge is 0.258 e. The number of rotatable bonds is 6. The van der Waals surface area contributed by atoms with Crippen molar-refractivity contribution in [3.63, 3.8) is 0 Å². The third-order valence-corrected chi connectivity index (χ3v) is 4.60. The van der Waals surface area contributed by atoms with Gasteiger partial charge in [0.05, 0.1) is 32.2 Å². The van der Waals surface area contributed by atoms with Crippen molar-refractivity contribution in [2.45, 2.75) is 0 Å². The van der Waals surface area contributed by atoms with Gasteiger partial charge >= 0.3 is 5.69 Å². The Morgan fingerprint density at radius 1 is 0.788 bits per heavy atom. The molecule has 4 rings (SSSR count). The number of azo groups is 1. The first-order valence-corrected chi connectivity index (χ1v) is 9.27. The molecule has 3 aromatic carbocycles. The predicted octanol–water partition coefficient (Wildman–Crippen LogP) is 5.21. The van der Waals surface area contributed by atoms with Gasteiger partial charge in [0, 0.05) is 17.2 Å². The molecule has 0 aliphatic heterocycles. The summed E-state index contributed by atoms with van der Waals surface area (Å²) in [5, 5.41) is 50.3. The van der Waals surface area contributed by atoms with Crippen molar-refractivity contribution in [1.82, 2.24) is 15.0 Å². The molecule has 1 aromatic heterocycles. The first-order chi connectivity index (χ1) is 15.7. The summed E-state index contributed by atoms with van der Waals surface area (Å²) >= 11 is 5.81. The first-order valence-electron chi connectivity index (χ1n) is 8.89. The molecule has 0 aliphatic rings. The molecule has 4 aromatic rings. The maximum Gasteiger partial charge on any atom is 0.305 e. The second-order valence-corrected chi connectivity index (χ2v) is 6.88. The van der Waals surface area contributed by atoms with Crippen LogP contribution >= 0.6 is 11.6 Å². The number of fused-ring (bicyclic) bond motifs is 1. The van der Waals surface area contributed by atoms with Crippen LogP contribution < -0.4 is 0 Å². The molecule has 0 unspecified atom stereocenters. The minimum absolute atomic E-state index is 0.0583. The van der Waals surface area contributed by atoms with Gasteiger partial charge in [-0.25, -0.2) is 0 Å². The second-order valence-electron chi connectivity index (χ2n) is 6.44. The van der Waals surface area contributed by atoms with Gasteiger partial charge in [-0.3, -0.25) is 30.3 Å². The van der Waals surface area contributed by atoms with E-state index in [0.29, 0.717) is 10.7 Å². The van der Waals surface area contributed by atoms with Gasteiger partial charge in [0.15, 0.2) is 11.2 Å². The summed E-state index contributed by atoms with van der Waals surface area (Å²) in [6.07, 6.45) is 0. The van der Waals surface area contributed by atoms with Crippen LogP contribution in [0.1, 0.15) is 0 Å². The number of halogens is 1. The summed E-state index contributed by atoms with van der Waals surface area (Å²) < 4.78 is 0. The summed E-state index contributed by atoms with van der Waals surface area (Å²) in [5.41, 5.74) is -1.46. The van der Waals surface area contributed by atoms with Crippen molar-refractivity contribution < 1.29 is 14.8 Å². The van der Waals surface area contributed by atoms with Crippen LogP contribution in [0.3, 0.4) is 0 Å². The zero-order valence-electron chi connectivity index (χ0n) is 16.1. The highest BCUT2D eigenvalue weighted by Gasteiger charge is 2.24. The van der Waals surface area contributed by atoms with Gasteiger partial charge in [-0.15, -0.1) is 20.1 Å². The van der Waals surface area contributed by atoms with Gasteiger partial charge in [0.2, 0.25) is 0 Å². The maximum atomic E-state index is 11.6. The summed E-state index contributed by atoms with van der Waals surface area (Å²) in [6, 6.07) is 11.9. The molecule has 0 aliphatic carbocycles. The van der Waals surface area contributed by atoms with Gasteiger partial charge in [-0.1, -0.05) is 11.6 Å². The monoisotopic (exact) mass is 468 g/mol. The largest absolute Gasteiger partial charge is 0.305 e. The third kappa shape index (κ3) is 4.31. The Labute approximate surface area is 187 Å². The van der Waals surface area contributed by atoms with E-state index in [2.05, 4.69) is 20.4 Å². The highest BCUT2D eigenvalue weighted by atomic mass is 35.5. The Bertz CT molecular complexity index is 1470. The topological polar surface area (TPSA) is 185 Å². The van der Waals surface area contributed by atoms with Crippen molar-refractivity contribution >= 4 is 51.1 Å². The van der Waals surface area contributed by atoms with Crippen LogP contribution in [0.2, 0.25) is 5.02 Å². The number of nitro benzene ring substituents is 3. The minimum atomic E-state index is -0.822. The van der Waals surface area contributed by atoms with Crippen LogP contribution in [-0.2, 0) is 0 Å². The molecule has 15 heteroatoms. The molecule has 0 N–H and O–H groups in total. The number of benzene rings is 3. The van der Waals surface area contributed by atoms with E-state index in [1.165, 1.54) is 12.1 Å². The average molecular weight is 469 g/mol. The lowest BCUT2D eigenvalue weighted by Gasteiger charge is -2.01. The standard InChI is InChI=1S/C18H9ClN8O6/c19-10-1-3-11(4-2-10)20-21-14-6-5-12(8-16(14)26(30)31)24-22-15-7-13(25(28)29)9-17(27(32)33)18(15)23-24/h1-9H. The van der Waals surface area contributed by atoms with Gasteiger partial charge < -0.3 is 0 Å². The first kappa shape index (κ1) is 21.4. The van der Waals surface area contributed by atoms with Crippen molar-refractivity contribution in [1.29, 1.82) is 0 Å². The molecule has 0 amide bonds. The molecule has 33 heavy (non-hydrogen) atoms. The van der Waals surface area contributed by atoms with E-state index in [1.54, 1.807) is 24.3 Å². The number of hydrogen-bond acceptors (Lipinski definition) is 10. The zero-order valence-corrected chi connectivity index (χ0v) is 16.9. The molecule has 0 atom stereocenters. The highest BCUT2D eigenvalue weighted by Crippen LogP contribution is 2.33. The highest BCUT2D eigenvalue weighted by molar-refractivity contribution is 6.30. The van der Waals surface area contributed by atoms with E-state index in [0.717, 1.165) is 23.0 Å². The van der Waals surface area contributed by atoms with Crippen LogP contribution in [0.25, 0.3) is 16.7 Å². The fourth-order valence-electron chi connectivity index (χ4n) is 2.83. The van der Waals surface area contributed by atoms with E-state index < -0.39 is 31.8 Å². The van der Waals surface area contributed by atoms with Crippen LogP contribution in [-0.4, -0.2) is 29.8 Å². The van der Waals surface area contributed by atoms with Crippen LogP contribution in [0.15, 0.2) is 64.8 Å². The normalized spacial score (nSPS) is 11.2. The Kier molecular flexibility index (Phi) is 5.41. The number of aromatic nitrogens is 3. The molecular formula is C18H9ClN8O6. The Hall–Kier alpha value is -4.85. The lowest BCUT2D eigenvalue weighted by molar-refractivity contribution is -0.393. The van der Waals surface area contributed by atoms with E-state index in [-0.39, 0.29) is 22.4 Å². The van der Waals surface area contributed by atoms with Gasteiger partial charge in [0.25, 0.3) is 11.4 Å². The average Bonchev–Trinajstić information content (AvgIpc) is 3.22. The molecular weight excluding hydrogens is 460 g/mol. The van der Waals surface area contributed by atoms with Crippen molar-refractivity contribution in [3.8, 4) is 5.69 Å². The molecule has 0 radical (unpaired) electrons. The number of non-ortho nitro benzene ring substituents is 2. The number of nitrogens with zero attached hydrogens (tertiary/aromatic N) is 8. The summed E-state index contributed by atoms with van der Waals surface area (Å²) in [6.45, 7) is 0. The molecule has 0 saturated heterocycles. The lowest BCUT2D eigenvalue weighted by atomic mass is 10.2. The van der Waals surface area contributed by atoms with E-state index in [4.69, 9.17) is 11.6 Å². The van der Waals surface area contributed by atoms with E-state index in [9.17, 15) is 30.3 Å². The predicted molar refractivity (Wildman–Crippen MR) is 114 cm³/mol. The molecule has 164 valence electrons. The molecule has 0 saturated carbocycles. The van der Waals surface area contributed by atoms with Crippen LogP contribution in [0.4, 0.5) is 28.4 Å². The Morgan fingerprint density at radius 3 is 2.12 bits per heavy atom. The second kappa shape index (κ2) is 8.35. The van der Waals surface area contributed by atoms with Crippen molar-refractivity contribution in [3.05, 3.63) is 90.0 Å². The Balaban J connectivity index is 1.78. The summed E-state index contributed by atoms with van der Waals surface area (Å²) in [4.78, 5) is 32.6. The molecule has 14 nitrogen and oxygen atoms in total. The SMILES string of the molecule is O=[N+]([O-])c1cc([N+](=O)[O-])c2nn(-c3ccc(N=Nc4ccc(Cl)cc4)c([N+](=O)[O-])c3)nc2c1. The molecule has 0 spiro atoms. The van der Waals surface area contributed by atoms with Gasteiger partial charge in [-0.05, 0) is 36.4 Å². The molecule has 1 heterocycles. The minimum Gasteiger partial charge on any atom is -0.258 e. The van der Waals surface area contributed by atoms with Crippen LogP contribution in [0.5, 0.6) is 0 Å². The summed E-state index contributed by atoms with van der Waals surface area (Å²) in [5.74, 6) is 0. The number of hydrogen-bond donors (Lipinski definition) is 0. The quantitative estimate of drug-likeness (QED) is 0.209. The van der Waals surface area contributed by atoms with Gasteiger partial charge in [-0.2, -0.15) is 5.11 Å². The molecule has 0 fully saturated rings. The maximum absolute atomic E-state index is 11.6. The van der Waals surface area contributed by atoms with Crippen molar-refractivity contribution in [2.24, 2.45) is 10.2 Å². The fourth-order valence-corrected chi connectivity index (χ4v) is 2.96. The zero-order chi connectivity index (χ0) is 23.7. The third-order valence-electron chi connectivity index (χ3n) is 4.35. The molecule has 0 bridgehead atoms. The lowest BCUT2D eigenvalue weighted by Crippen LogP contribution is -2.00. The van der Waals surface area contributed by atoms with E-state index >= 15 is 0 Å². The van der Waals surface area contributed by atoms with Crippen LogP contribution in [0, 0.1) is 30.3 Å². The van der Waals surface area contributed by atoms with E-state index in [1.807, 2.05) is 0 Å². The van der Waals surface area contributed by atoms with Crippen molar-refractivity contribution in [2.75, 3.05) is 0 Å². The Morgan fingerprint density at radius 2 is 1.48 bits per heavy atom. The fraction of sp³-hybridized carbons (Fsp3) is 0.